The fourth-order valence-electron chi connectivity index (χ4n) is 1.62. The minimum Gasteiger partial charge on any atom is -0.461 e. The molecule has 21 heavy (non-hydrogen) atoms. The van der Waals surface area contributed by atoms with Gasteiger partial charge in [-0.05, 0) is 25.5 Å². The fraction of sp³-hybridized carbons (Fsp3) is 0.462. The molecule has 116 valence electrons. The molecular formula is C13H21IN6O. The maximum absolute atomic E-state index is 5.24. The summed E-state index contributed by atoms with van der Waals surface area (Å²) in [7, 11) is 0. The highest BCUT2D eigenvalue weighted by molar-refractivity contribution is 14.0. The lowest BCUT2D eigenvalue weighted by Gasteiger charge is -2.09. The third-order valence-electron chi connectivity index (χ3n) is 2.55. The van der Waals surface area contributed by atoms with E-state index in [1.807, 2.05) is 19.1 Å². The monoisotopic (exact) mass is 404 g/mol. The van der Waals surface area contributed by atoms with Crippen molar-refractivity contribution in [2.24, 2.45) is 4.99 Å². The van der Waals surface area contributed by atoms with Crippen molar-refractivity contribution in [3.05, 3.63) is 24.2 Å². The van der Waals surface area contributed by atoms with Crippen LogP contribution in [-0.2, 0) is 6.54 Å². The molecule has 0 atom stereocenters. The third-order valence-corrected chi connectivity index (χ3v) is 2.55. The van der Waals surface area contributed by atoms with Gasteiger partial charge in [0.2, 0.25) is 5.82 Å². The lowest BCUT2D eigenvalue weighted by Crippen LogP contribution is -2.37. The first-order chi connectivity index (χ1) is 9.83. The molecule has 0 aliphatic heterocycles. The number of furan rings is 1. The number of nitrogens with one attached hydrogen (secondary N) is 3. The van der Waals surface area contributed by atoms with Crippen LogP contribution >= 0.6 is 24.0 Å². The van der Waals surface area contributed by atoms with Crippen molar-refractivity contribution in [2.45, 2.75) is 26.8 Å². The molecule has 0 saturated heterocycles. The van der Waals surface area contributed by atoms with Crippen LogP contribution in [0.4, 0.5) is 0 Å². The maximum atomic E-state index is 5.24. The standard InChI is InChI=1S/C13H20N6O.HI/c1-3-7-15-13(14-4-2)16-9-11-17-12(19-18-11)10-6-5-8-20-10;/h5-6,8H,3-4,7,9H2,1-2H3,(H2,14,15,16)(H,17,18,19);1H. The maximum Gasteiger partial charge on any atom is 0.216 e. The second-order valence-corrected chi connectivity index (χ2v) is 4.20. The number of aromatic nitrogens is 3. The molecule has 2 aromatic heterocycles. The number of aliphatic imine (C=N–C) groups is 1. The van der Waals surface area contributed by atoms with E-state index >= 15 is 0 Å². The number of nitrogens with zero attached hydrogens (tertiary/aromatic N) is 3. The van der Waals surface area contributed by atoms with Crippen LogP contribution in [-0.4, -0.2) is 34.2 Å². The highest BCUT2D eigenvalue weighted by Crippen LogP contribution is 2.14. The average Bonchev–Trinajstić information content (AvgIpc) is 3.12. The van der Waals surface area contributed by atoms with Crippen molar-refractivity contribution < 1.29 is 4.42 Å². The highest BCUT2D eigenvalue weighted by Gasteiger charge is 2.07. The quantitative estimate of drug-likeness (QED) is 0.390. The molecule has 0 saturated carbocycles. The Morgan fingerprint density at radius 3 is 2.90 bits per heavy atom. The first-order valence-corrected chi connectivity index (χ1v) is 6.80. The summed E-state index contributed by atoms with van der Waals surface area (Å²) in [5.74, 6) is 2.68. The zero-order valence-corrected chi connectivity index (χ0v) is 14.5. The van der Waals surface area contributed by atoms with E-state index in [9.17, 15) is 0 Å². The zero-order chi connectivity index (χ0) is 14.2. The molecule has 0 aliphatic rings. The van der Waals surface area contributed by atoms with E-state index in [2.05, 4.69) is 37.7 Å². The number of hydrogen-bond donors (Lipinski definition) is 3. The van der Waals surface area contributed by atoms with E-state index in [0.717, 1.165) is 25.5 Å². The van der Waals surface area contributed by atoms with E-state index < -0.39 is 0 Å². The van der Waals surface area contributed by atoms with Crippen molar-refractivity contribution >= 4 is 29.9 Å². The van der Waals surface area contributed by atoms with Crippen LogP contribution < -0.4 is 10.6 Å². The van der Waals surface area contributed by atoms with Gasteiger partial charge in [0.15, 0.2) is 11.7 Å². The third kappa shape index (κ3) is 5.37. The number of guanidine groups is 1. The van der Waals surface area contributed by atoms with Gasteiger partial charge < -0.3 is 15.1 Å². The second kappa shape index (κ2) is 9.37. The van der Waals surface area contributed by atoms with Gasteiger partial charge in [0.1, 0.15) is 12.4 Å². The van der Waals surface area contributed by atoms with Crippen molar-refractivity contribution in [3.8, 4) is 11.6 Å². The molecule has 2 rings (SSSR count). The molecule has 0 aliphatic carbocycles. The summed E-state index contributed by atoms with van der Waals surface area (Å²) in [5, 5.41) is 13.4. The van der Waals surface area contributed by atoms with Gasteiger partial charge in [-0.25, -0.2) is 9.98 Å². The summed E-state index contributed by atoms with van der Waals surface area (Å²) in [6, 6.07) is 3.63. The minimum atomic E-state index is 0. The second-order valence-electron chi connectivity index (χ2n) is 4.20. The Kier molecular flexibility index (Phi) is 7.80. The van der Waals surface area contributed by atoms with E-state index in [1.54, 1.807) is 6.26 Å². The molecule has 2 heterocycles. The molecule has 8 heteroatoms. The Morgan fingerprint density at radius 2 is 2.24 bits per heavy atom. The minimum absolute atomic E-state index is 0. The lowest BCUT2D eigenvalue weighted by molar-refractivity contribution is 0.577. The molecule has 0 fully saturated rings. The molecule has 0 unspecified atom stereocenters. The smallest absolute Gasteiger partial charge is 0.216 e. The van der Waals surface area contributed by atoms with Gasteiger partial charge >= 0.3 is 0 Å². The van der Waals surface area contributed by atoms with Gasteiger partial charge in [-0.1, -0.05) is 6.92 Å². The van der Waals surface area contributed by atoms with Gasteiger partial charge in [0.05, 0.1) is 6.26 Å². The summed E-state index contributed by atoms with van der Waals surface area (Å²) >= 11 is 0. The van der Waals surface area contributed by atoms with Crippen molar-refractivity contribution in [1.82, 2.24) is 25.8 Å². The van der Waals surface area contributed by atoms with Crippen LogP contribution in [0.5, 0.6) is 0 Å². The number of rotatable bonds is 6. The van der Waals surface area contributed by atoms with Crippen molar-refractivity contribution in [1.29, 1.82) is 0 Å². The molecular weight excluding hydrogens is 383 g/mol. The Hall–Kier alpha value is -1.58. The SMILES string of the molecule is CCCNC(=NCc1nc(-c2ccco2)n[nH]1)NCC.I. The number of H-pyrrole nitrogens is 1. The largest absolute Gasteiger partial charge is 0.461 e. The molecule has 0 spiro atoms. The number of hydrogen-bond acceptors (Lipinski definition) is 4. The van der Waals surface area contributed by atoms with Crippen molar-refractivity contribution in [3.63, 3.8) is 0 Å². The molecule has 0 amide bonds. The molecule has 2 aromatic rings. The van der Waals surface area contributed by atoms with Gasteiger partial charge in [-0.3, -0.25) is 5.10 Å². The van der Waals surface area contributed by atoms with E-state index in [0.29, 0.717) is 24.0 Å². The summed E-state index contributed by atoms with van der Waals surface area (Å²) in [5.41, 5.74) is 0. The number of aromatic amines is 1. The van der Waals surface area contributed by atoms with E-state index in [1.165, 1.54) is 0 Å². The molecule has 0 radical (unpaired) electrons. The van der Waals surface area contributed by atoms with Crippen LogP contribution in [0.1, 0.15) is 26.1 Å². The summed E-state index contributed by atoms with van der Waals surface area (Å²) in [6.45, 7) is 6.30. The molecule has 0 aromatic carbocycles. The Labute approximate surface area is 141 Å². The van der Waals surface area contributed by atoms with Crippen LogP contribution in [0.3, 0.4) is 0 Å². The van der Waals surface area contributed by atoms with Crippen LogP contribution in [0.2, 0.25) is 0 Å². The molecule has 7 nitrogen and oxygen atoms in total. The topological polar surface area (TPSA) is 91.1 Å². The lowest BCUT2D eigenvalue weighted by atomic mass is 10.4. The van der Waals surface area contributed by atoms with Gasteiger partial charge in [-0.15, -0.1) is 29.1 Å². The van der Waals surface area contributed by atoms with E-state index in [4.69, 9.17) is 4.42 Å². The van der Waals surface area contributed by atoms with Crippen molar-refractivity contribution in [2.75, 3.05) is 13.1 Å². The summed E-state index contributed by atoms with van der Waals surface area (Å²) in [6.07, 6.45) is 2.65. The predicted molar refractivity (Wildman–Crippen MR) is 92.6 cm³/mol. The average molecular weight is 404 g/mol. The summed E-state index contributed by atoms with van der Waals surface area (Å²) < 4.78 is 5.24. The molecule has 3 N–H and O–H groups in total. The Bertz CT molecular complexity index is 537. The van der Waals surface area contributed by atoms with Gasteiger partial charge in [0, 0.05) is 13.1 Å². The highest BCUT2D eigenvalue weighted by atomic mass is 127. The predicted octanol–water partition coefficient (Wildman–Crippen LogP) is 2.15. The summed E-state index contributed by atoms with van der Waals surface area (Å²) in [4.78, 5) is 8.79. The normalized spacial score (nSPS) is 11.0. The first-order valence-electron chi connectivity index (χ1n) is 6.80. The van der Waals surface area contributed by atoms with Crippen LogP contribution in [0.25, 0.3) is 11.6 Å². The van der Waals surface area contributed by atoms with Gasteiger partial charge in [-0.2, -0.15) is 0 Å². The van der Waals surface area contributed by atoms with Gasteiger partial charge in [0.25, 0.3) is 0 Å². The number of halogens is 1. The zero-order valence-electron chi connectivity index (χ0n) is 12.2. The first kappa shape index (κ1) is 17.5. The van der Waals surface area contributed by atoms with Crippen LogP contribution in [0.15, 0.2) is 27.8 Å². The van der Waals surface area contributed by atoms with E-state index in [-0.39, 0.29) is 24.0 Å². The fourth-order valence-corrected chi connectivity index (χ4v) is 1.62. The molecule has 0 bridgehead atoms. The Balaban J connectivity index is 0.00000220. The Morgan fingerprint density at radius 1 is 1.38 bits per heavy atom. The van der Waals surface area contributed by atoms with Crippen LogP contribution in [0, 0.1) is 0 Å².